The summed E-state index contributed by atoms with van der Waals surface area (Å²) >= 11 is 0. The highest BCUT2D eigenvalue weighted by Gasteiger charge is 2.79. The van der Waals surface area contributed by atoms with E-state index in [-0.39, 0.29) is 19.3 Å². The molecule has 0 bridgehead atoms. The fourth-order valence-electron chi connectivity index (χ4n) is 5.62. The first-order valence-electron chi connectivity index (χ1n) is 12.7. The highest BCUT2D eigenvalue weighted by molar-refractivity contribution is 6.03. The lowest BCUT2D eigenvalue weighted by Crippen LogP contribution is -2.65. The highest BCUT2D eigenvalue weighted by atomic mass is 16.7. The van der Waals surface area contributed by atoms with Gasteiger partial charge < -0.3 is 29.0 Å². The van der Waals surface area contributed by atoms with Crippen molar-refractivity contribution in [1.82, 2.24) is 4.90 Å². The fourth-order valence-corrected chi connectivity index (χ4v) is 5.62. The Labute approximate surface area is 215 Å². The molecular weight excluding hydrogens is 478 g/mol. The molecule has 37 heavy (non-hydrogen) atoms. The molecule has 0 spiro atoms. The molecule has 0 aromatic heterocycles. The lowest BCUT2D eigenvalue weighted by atomic mass is 9.75. The predicted molar refractivity (Wildman–Crippen MR) is 129 cm³/mol. The maximum Gasteiger partial charge on any atom is 0.330 e. The van der Waals surface area contributed by atoms with Crippen LogP contribution in [0.25, 0.3) is 0 Å². The van der Waals surface area contributed by atoms with Crippen molar-refractivity contribution in [3.05, 3.63) is 71.8 Å². The first kappa shape index (κ1) is 25.4. The normalized spacial score (nSPS) is 28.0. The van der Waals surface area contributed by atoms with E-state index in [0.29, 0.717) is 18.4 Å². The molecule has 3 fully saturated rings. The minimum atomic E-state index is -2.62. The van der Waals surface area contributed by atoms with E-state index in [0.717, 1.165) is 24.8 Å². The van der Waals surface area contributed by atoms with Gasteiger partial charge in [-0.05, 0) is 24.0 Å². The van der Waals surface area contributed by atoms with E-state index in [4.69, 9.17) is 18.9 Å². The molecule has 1 aliphatic carbocycles. The Morgan fingerprint density at radius 2 is 1.51 bits per heavy atom. The van der Waals surface area contributed by atoms with Crippen molar-refractivity contribution in [2.45, 2.75) is 63.2 Å². The van der Waals surface area contributed by atoms with Gasteiger partial charge >= 0.3 is 11.9 Å². The second-order valence-electron chi connectivity index (χ2n) is 9.79. The molecule has 5 rings (SSSR count). The number of hydrogen-bond acceptors (Lipinski definition) is 8. The Balaban J connectivity index is 1.51. The van der Waals surface area contributed by atoms with Crippen molar-refractivity contribution < 1.29 is 38.4 Å². The topological polar surface area (TPSA) is 112 Å². The maximum atomic E-state index is 13.8. The van der Waals surface area contributed by atoms with Crippen molar-refractivity contribution in [3.8, 4) is 0 Å². The van der Waals surface area contributed by atoms with E-state index in [1.807, 2.05) is 24.3 Å². The zero-order chi connectivity index (χ0) is 25.9. The van der Waals surface area contributed by atoms with Crippen molar-refractivity contribution in [2.24, 2.45) is 5.41 Å². The van der Waals surface area contributed by atoms with Gasteiger partial charge in [0.15, 0.2) is 18.2 Å². The van der Waals surface area contributed by atoms with Crippen molar-refractivity contribution in [2.75, 3.05) is 13.4 Å². The van der Waals surface area contributed by atoms with Gasteiger partial charge in [0, 0.05) is 6.04 Å². The Hall–Kier alpha value is -3.27. The fraction of sp³-hybridized carbons (Fsp3) is 0.464. The third-order valence-electron chi connectivity index (χ3n) is 7.55. The summed E-state index contributed by atoms with van der Waals surface area (Å²) in [5.74, 6) is -5.22. The molecule has 0 unspecified atom stereocenters. The van der Waals surface area contributed by atoms with E-state index in [2.05, 4.69) is 0 Å². The molecule has 196 valence electrons. The molecule has 9 nitrogen and oxygen atoms in total. The second kappa shape index (κ2) is 10.6. The molecular formula is C28H31NO8. The van der Waals surface area contributed by atoms with E-state index >= 15 is 0 Å². The zero-order valence-electron chi connectivity index (χ0n) is 20.5. The summed E-state index contributed by atoms with van der Waals surface area (Å²) in [6.07, 6.45) is 4.01. The van der Waals surface area contributed by atoms with E-state index in [1.165, 1.54) is 4.90 Å². The van der Waals surface area contributed by atoms with Gasteiger partial charge in [-0.3, -0.25) is 9.59 Å². The summed E-state index contributed by atoms with van der Waals surface area (Å²) in [5, 5.41) is 11.7. The molecule has 2 aromatic rings. The van der Waals surface area contributed by atoms with E-state index < -0.39 is 48.5 Å². The van der Waals surface area contributed by atoms with Crippen LogP contribution < -0.4 is 0 Å². The van der Waals surface area contributed by atoms with Gasteiger partial charge in [-0.15, -0.1) is 0 Å². The zero-order valence-corrected chi connectivity index (χ0v) is 20.5. The molecule has 1 saturated carbocycles. The quantitative estimate of drug-likeness (QED) is 0.567. The Bertz CT molecular complexity index is 1120. The number of ether oxygens (including phenoxy) is 4. The average Bonchev–Trinajstić information content (AvgIpc) is 3.16. The van der Waals surface area contributed by atoms with Gasteiger partial charge in [-0.25, -0.2) is 4.79 Å². The molecule has 2 aliphatic heterocycles. The largest absolute Gasteiger partial charge is 0.460 e. The summed E-state index contributed by atoms with van der Waals surface area (Å²) in [7, 11) is 0. The van der Waals surface area contributed by atoms with Crippen LogP contribution in [0.15, 0.2) is 60.7 Å². The molecule has 2 heterocycles. The number of aliphatic hydroxyl groups is 1. The van der Waals surface area contributed by atoms with Crippen LogP contribution in [0.4, 0.5) is 0 Å². The van der Waals surface area contributed by atoms with Crippen molar-refractivity contribution in [3.63, 3.8) is 0 Å². The van der Waals surface area contributed by atoms with Crippen LogP contribution in [0.3, 0.4) is 0 Å². The van der Waals surface area contributed by atoms with E-state index in [1.54, 1.807) is 36.4 Å². The number of carbonyl (C=O) groups excluding carboxylic acids is 3. The molecule has 2 aromatic carbocycles. The number of benzene rings is 2. The molecule has 1 N–H and O–H groups in total. The standard InChI is InChI=1S/C28H31NO8/c30-24(35-16-20-10-4-1-5-11-20)23-27(26(32)36-17-21-12-6-2-7-13-21)18-34-19-37-28(27,33)25(31)29(23)22-14-8-3-9-15-22/h1-2,4-7,10-13,22-23,33H,3,8-9,14-19H2/t23-,27-,28-/m0/s1. The van der Waals surface area contributed by atoms with Crippen LogP contribution in [0.2, 0.25) is 0 Å². The van der Waals surface area contributed by atoms with Crippen LogP contribution >= 0.6 is 0 Å². The first-order valence-corrected chi connectivity index (χ1v) is 12.7. The van der Waals surface area contributed by atoms with Crippen LogP contribution in [0.1, 0.15) is 43.2 Å². The number of carbonyl (C=O) groups is 3. The third-order valence-corrected chi connectivity index (χ3v) is 7.55. The van der Waals surface area contributed by atoms with Crippen molar-refractivity contribution in [1.29, 1.82) is 0 Å². The van der Waals surface area contributed by atoms with E-state index in [9.17, 15) is 19.5 Å². The SMILES string of the molecule is O=C(OCc1ccccc1)[C@@H]1N(C2CCCCC2)C(=O)[C@]2(O)OCOC[C@@]12C(=O)OCc1ccccc1. The highest BCUT2D eigenvalue weighted by Crippen LogP contribution is 2.52. The number of nitrogens with zero attached hydrogens (tertiary/aromatic N) is 1. The van der Waals surface area contributed by atoms with Crippen LogP contribution in [0.5, 0.6) is 0 Å². The number of esters is 2. The Morgan fingerprint density at radius 1 is 0.919 bits per heavy atom. The molecule has 2 saturated heterocycles. The number of fused-ring (bicyclic) bond motifs is 1. The smallest absolute Gasteiger partial charge is 0.330 e. The number of rotatable bonds is 7. The summed E-state index contributed by atoms with van der Waals surface area (Å²) in [4.78, 5) is 42.7. The van der Waals surface area contributed by atoms with Gasteiger partial charge in [-0.1, -0.05) is 79.9 Å². The summed E-state index contributed by atoms with van der Waals surface area (Å²) in [5.41, 5.74) is -0.691. The first-order chi connectivity index (χ1) is 18.0. The molecule has 1 amide bonds. The molecule has 0 radical (unpaired) electrons. The summed E-state index contributed by atoms with van der Waals surface area (Å²) < 4.78 is 22.2. The number of amides is 1. The van der Waals surface area contributed by atoms with Crippen LogP contribution in [-0.2, 0) is 46.5 Å². The molecule has 3 atom stereocenters. The van der Waals surface area contributed by atoms with Gasteiger partial charge in [0.1, 0.15) is 13.2 Å². The van der Waals surface area contributed by atoms with Gasteiger partial charge in [0.05, 0.1) is 6.61 Å². The van der Waals surface area contributed by atoms with Gasteiger partial charge in [-0.2, -0.15) is 0 Å². The van der Waals surface area contributed by atoms with Gasteiger partial charge in [0.2, 0.25) is 0 Å². The minimum Gasteiger partial charge on any atom is -0.460 e. The van der Waals surface area contributed by atoms with Crippen LogP contribution in [-0.4, -0.2) is 59.1 Å². The monoisotopic (exact) mass is 509 g/mol. The lowest BCUT2D eigenvalue weighted by Gasteiger charge is -2.42. The average molecular weight is 510 g/mol. The number of hydrogen-bond donors (Lipinski definition) is 1. The van der Waals surface area contributed by atoms with Crippen molar-refractivity contribution >= 4 is 17.8 Å². The molecule has 9 heteroatoms. The minimum absolute atomic E-state index is 0.0574. The summed E-state index contributed by atoms with van der Waals surface area (Å²) in [6, 6.07) is 16.3. The summed E-state index contributed by atoms with van der Waals surface area (Å²) in [6.45, 7) is -1.00. The predicted octanol–water partition coefficient (Wildman–Crippen LogP) is 2.70. The number of likely N-dealkylation sites (tertiary alicyclic amines) is 1. The third kappa shape index (κ3) is 4.52. The Kier molecular flexibility index (Phi) is 7.28. The second-order valence-corrected chi connectivity index (χ2v) is 9.79. The Morgan fingerprint density at radius 3 is 2.14 bits per heavy atom. The van der Waals surface area contributed by atoms with Gasteiger partial charge in [0.25, 0.3) is 11.7 Å². The maximum absolute atomic E-state index is 13.8. The van der Waals surface area contributed by atoms with Crippen LogP contribution in [0, 0.1) is 5.41 Å². The lowest BCUT2D eigenvalue weighted by molar-refractivity contribution is -0.321. The molecule has 3 aliphatic rings.